The molecule has 0 unspecified atom stereocenters. The Balaban J connectivity index is 0.00000338. The summed E-state index contributed by atoms with van der Waals surface area (Å²) < 4.78 is 10.4. The van der Waals surface area contributed by atoms with E-state index in [1.165, 1.54) is 19.1 Å². The van der Waals surface area contributed by atoms with Gasteiger partial charge in [-0.1, -0.05) is 6.07 Å². The fourth-order valence-electron chi connectivity index (χ4n) is 2.31. The molecule has 0 aliphatic carbocycles. The Labute approximate surface area is 175 Å². The molecule has 0 spiro atoms. The van der Waals surface area contributed by atoms with Crippen molar-refractivity contribution in [2.75, 3.05) is 27.3 Å². The van der Waals surface area contributed by atoms with E-state index in [1.807, 2.05) is 6.92 Å². The summed E-state index contributed by atoms with van der Waals surface area (Å²) in [6.07, 6.45) is 0.961. The Hall–Kier alpha value is -1.68. The van der Waals surface area contributed by atoms with Crippen LogP contribution in [-0.2, 0) is 13.0 Å². The van der Waals surface area contributed by atoms with Crippen LogP contribution in [0.15, 0.2) is 34.6 Å². The lowest BCUT2D eigenvalue weighted by Gasteiger charge is -2.12. The largest absolute Gasteiger partial charge is 0.502 e. The summed E-state index contributed by atoms with van der Waals surface area (Å²) in [5.41, 5.74) is 0.891. The van der Waals surface area contributed by atoms with Gasteiger partial charge in [0.05, 0.1) is 20.8 Å². The van der Waals surface area contributed by atoms with E-state index in [0.29, 0.717) is 18.0 Å². The summed E-state index contributed by atoms with van der Waals surface area (Å²) >= 11 is 1.76. The van der Waals surface area contributed by atoms with E-state index >= 15 is 0 Å². The maximum Gasteiger partial charge on any atom is 0.200 e. The van der Waals surface area contributed by atoms with Crippen molar-refractivity contribution >= 4 is 41.3 Å². The quantitative estimate of drug-likeness (QED) is 0.300. The van der Waals surface area contributed by atoms with E-state index in [1.54, 1.807) is 23.5 Å². The van der Waals surface area contributed by atoms with Crippen LogP contribution in [0.4, 0.5) is 0 Å². The molecule has 0 aliphatic heterocycles. The molecule has 144 valence electrons. The molecule has 0 bridgehead atoms. The van der Waals surface area contributed by atoms with Crippen molar-refractivity contribution in [3.8, 4) is 17.2 Å². The molecule has 2 aromatic rings. The van der Waals surface area contributed by atoms with Crippen LogP contribution in [0, 0.1) is 0 Å². The molecular weight excluding hydrogens is 465 g/mol. The molecule has 26 heavy (non-hydrogen) atoms. The molecule has 0 amide bonds. The first kappa shape index (κ1) is 22.4. The van der Waals surface area contributed by atoms with Crippen molar-refractivity contribution in [3.05, 3.63) is 40.1 Å². The minimum absolute atomic E-state index is 0. The fraction of sp³-hybridized carbons (Fsp3) is 0.389. The van der Waals surface area contributed by atoms with Gasteiger partial charge in [0, 0.05) is 18.0 Å². The standard InChI is InChI=1S/C18H25N3O3S.HI/c1-4-19-18(20-8-7-14-6-5-9-25-14)21-12-13-10-15(23-2)17(22)16(11-13)24-3;/h5-6,9-11,22H,4,7-8,12H2,1-3H3,(H2,19,20,21);1H. The highest BCUT2D eigenvalue weighted by Gasteiger charge is 2.11. The number of phenolic OH excluding ortho intramolecular Hbond substituents is 1. The number of benzene rings is 1. The smallest absolute Gasteiger partial charge is 0.200 e. The molecule has 1 aromatic carbocycles. The highest BCUT2D eigenvalue weighted by Crippen LogP contribution is 2.37. The maximum atomic E-state index is 9.97. The summed E-state index contributed by atoms with van der Waals surface area (Å²) in [6, 6.07) is 7.71. The van der Waals surface area contributed by atoms with Crippen LogP contribution >= 0.6 is 35.3 Å². The number of aliphatic imine (C=N–C) groups is 1. The average Bonchev–Trinajstić information content (AvgIpc) is 3.14. The van der Waals surface area contributed by atoms with E-state index < -0.39 is 0 Å². The minimum Gasteiger partial charge on any atom is -0.502 e. The Morgan fingerprint density at radius 1 is 1.19 bits per heavy atom. The van der Waals surface area contributed by atoms with Crippen LogP contribution in [0.1, 0.15) is 17.4 Å². The van der Waals surface area contributed by atoms with Crippen molar-refractivity contribution in [1.29, 1.82) is 0 Å². The van der Waals surface area contributed by atoms with Crippen molar-refractivity contribution in [2.45, 2.75) is 19.9 Å². The molecule has 8 heteroatoms. The first-order chi connectivity index (χ1) is 12.2. The van der Waals surface area contributed by atoms with Crippen molar-refractivity contribution in [1.82, 2.24) is 10.6 Å². The number of nitrogens with one attached hydrogen (secondary N) is 2. The molecule has 0 aliphatic rings. The predicted molar refractivity (Wildman–Crippen MR) is 117 cm³/mol. The number of thiophene rings is 1. The van der Waals surface area contributed by atoms with Gasteiger partial charge in [0.25, 0.3) is 0 Å². The third kappa shape index (κ3) is 6.56. The molecule has 1 aromatic heterocycles. The second kappa shape index (κ2) is 11.8. The van der Waals surface area contributed by atoms with Gasteiger partial charge in [0.15, 0.2) is 17.5 Å². The van der Waals surface area contributed by atoms with Gasteiger partial charge in [0.2, 0.25) is 5.75 Å². The monoisotopic (exact) mass is 491 g/mol. The number of aromatic hydroxyl groups is 1. The zero-order valence-electron chi connectivity index (χ0n) is 15.2. The molecule has 0 fully saturated rings. The number of phenols is 1. The van der Waals surface area contributed by atoms with E-state index in [-0.39, 0.29) is 29.7 Å². The SMILES string of the molecule is CCNC(=NCc1cc(OC)c(O)c(OC)c1)NCCc1cccs1.I. The maximum absolute atomic E-state index is 9.97. The van der Waals surface area contributed by atoms with Gasteiger partial charge < -0.3 is 25.2 Å². The van der Waals surface area contributed by atoms with Gasteiger partial charge >= 0.3 is 0 Å². The highest BCUT2D eigenvalue weighted by molar-refractivity contribution is 14.0. The van der Waals surface area contributed by atoms with Gasteiger partial charge in [-0.25, -0.2) is 4.99 Å². The normalized spacial score (nSPS) is 10.8. The Morgan fingerprint density at radius 3 is 2.42 bits per heavy atom. The fourth-order valence-corrected chi connectivity index (χ4v) is 3.02. The van der Waals surface area contributed by atoms with E-state index in [2.05, 4.69) is 33.1 Å². The molecule has 6 nitrogen and oxygen atoms in total. The first-order valence-electron chi connectivity index (χ1n) is 8.16. The highest BCUT2D eigenvalue weighted by atomic mass is 127. The molecule has 0 saturated heterocycles. The lowest BCUT2D eigenvalue weighted by molar-refractivity contribution is 0.339. The van der Waals surface area contributed by atoms with Crippen molar-refractivity contribution in [2.24, 2.45) is 4.99 Å². The van der Waals surface area contributed by atoms with Crippen LogP contribution in [0.25, 0.3) is 0 Å². The molecule has 0 atom stereocenters. The number of nitrogens with zero attached hydrogens (tertiary/aromatic N) is 1. The lowest BCUT2D eigenvalue weighted by Crippen LogP contribution is -2.38. The number of methoxy groups -OCH3 is 2. The molecule has 2 rings (SSSR count). The second-order valence-corrected chi connectivity index (χ2v) is 6.33. The molecule has 1 heterocycles. The average molecular weight is 491 g/mol. The summed E-state index contributed by atoms with van der Waals surface area (Å²) in [5.74, 6) is 1.50. The van der Waals surface area contributed by atoms with Gasteiger partial charge in [-0.15, -0.1) is 35.3 Å². The van der Waals surface area contributed by atoms with Crippen molar-refractivity contribution < 1.29 is 14.6 Å². The summed E-state index contributed by atoms with van der Waals surface area (Å²) in [4.78, 5) is 5.93. The van der Waals surface area contributed by atoms with Crippen LogP contribution in [0.5, 0.6) is 17.2 Å². The molecule has 3 N–H and O–H groups in total. The number of halogens is 1. The Morgan fingerprint density at radius 2 is 1.88 bits per heavy atom. The topological polar surface area (TPSA) is 75.1 Å². The van der Waals surface area contributed by atoms with Crippen LogP contribution < -0.4 is 20.1 Å². The third-order valence-corrected chi connectivity index (χ3v) is 4.48. The predicted octanol–water partition coefficient (Wildman–Crippen LogP) is 3.39. The third-order valence-electron chi connectivity index (χ3n) is 3.55. The number of hydrogen-bond donors (Lipinski definition) is 3. The first-order valence-corrected chi connectivity index (χ1v) is 9.04. The molecule has 0 radical (unpaired) electrons. The molecule has 0 saturated carbocycles. The van der Waals surface area contributed by atoms with E-state index in [4.69, 9.17) is 9.47 Å². The van der Waals surface area contributed by atoms with Crippen LogP contribution in [0.2, 0.25) is 0 Å². The van der Waals surface area contributed by atoms with Gasteiger partial charge in [-0.05, 0) is 42.5 Å². The number of hydrogen-bond acceptors (Lipinski definition) is 5. The second-order valence-electron chi connectivity index (χ2n) is 5.30. The minimum atomic E-state index is -0.00120. The van der Waals surface area contributed by atoms with Crippen molar-refractivity contribution in [3.63, 3.8) is 0 Å². The van der Waals surface area contributed by atoms with E-state index in [0.717, 1.165) is 31.0 Å². The Bertz CT molecular complexity index is 668. The number of guanidine groups is 1. The molecular formula is C18H26IN3O3S. The van der Waals surface area contributed by atoms with Crippen LogP contribution in [-0.4, -0.2) is 38.4 Å². The summed E-state index contributed by atoms with van der Waals surface area (Å²) in [7, 11) is 3.02. The van der Waals surface area contributed by atoms with Gasteiger partial charge in [-0.2, -0.15) is 0 Å². The lowest BCUT2D eigenvalue weighted by atomic mass is 10.2. The summed E-state index contributed by atoms with van der Waals surface area (Å²) in [6.45, 7) is 4.08. The summed E-state index contributed by atoms with van der Waals surface area (Å²) in [5, 5.41) is 18.6. The number of rotatable bonds is 8. The van der Waals surface area contributed by atoms with Gasteiger partial charge in [0.1, 0.15) is 0 Å². The zero-order chi connectivity index (χ0) is 18.1. The van der Waals surface area contributed by atoms with Gasteiger partial charge in [-0.3, -0.25) is 0 Å². The number of ether oxygens (including phenoxy) is 2. The Kier molecular flexibility index (Phi) is 10.2. The zero-order valence-corrected chi connectivity index (χ0v) is 18.4. The van der Waals surface area contributed by atoms with E-state index in [9.17, 15) is 5.11 Å². The van der Waals surface area contributed by atoms with Crippen LogP contribution in [0.3, 0.4) is 0 Å².